The van der Waals surface area contributed by atoms with Crippen LogP contribution in [0.3, 0.4) is 0 Å². The van der Waals surface area contributed by atoms with E-state index in [1.165, 1.54) is 0 Å². The summed E-state index contributed by atoms with van der Waals surface area (Å²) in [5.74, 6) is 0.576. The molecule has 2 aromatic carbocycles. The molecule has 0 unspecified atom stereocenters. The van der Waals surface area contributed by atoms with Crippen molar-refractivity contribution in [1.82, 2.24) is 9.97 Å². The lowest BCUT2D eigenvalue weighted by Crippen LogP contribution is -1.94. The van der Waals surface area contributed by atoms with Crippen molar-refractivity contribution in [3.8, 4) is 0 Å². The average molecular weight is 313 g/mol. The largest absolute Gasteiger partial charge is 0.324 e. The molecule has 2 N–H and O–H groups in total. The number of benzene rings is 2. The lowest BCUT2D eigenvalue weighted by Gasteiger charge is -2.08. The second-order valence-corrected chi connectivity index (χ2v) is 5.22. The van der Waals surface area contributed by atoms with E-state index >= 15 is 0 Å². The first-order valence-corrected chi connectivity index (χ1v) is 6.63. The molecule has 1 aromatic heterocycles. The molecular formula is C13H8Cl3N3. The molecule has 3 aromatic rings. The van der Waals surface area contributed by atoms with Crippen LogP contribution >= 0.6 is 34.8 Å². The number of halogens is 3. The minimum Gasteiger partial charge on any atom is -0.324 e. The molecule has 0 atom stereocenters. The Morgan fingerprint density at radius 1 is 1.00 bits per heavy atom. The Bertz CT molecular complexity index is 696. The van der Waals surface area contributed by atoms with Crippen molar-refractivity contribution in [2.24, 2.45) is 0 Å². The molecule has 0 saturated heterocycles. The molecule has 0 aliphatic rings. The van der Waals surface area contributed by atoms with E-state index in [-0.39, 0.29) is 0 Å². The monoisotopic (exact) mass is 311 g/mol. The Morgan fingerprint density at radius 2 is 1.68 bits per heavy atom. The Morgan fingerprint density at radius 3 is 2.37 bits per heavy atom. The van der Waals surface area contributed by atoms with Crippen molar-refractivity contribution < 1.29 is 0 Å². The number of anilines is 2. The molecule has 19 heavy (non-hydrogen) atoms. The smallest absolute Gasteiger partial charge is 0.205 e. The highest BCUT2D eigenvalue weighted by Gasteiger charge is 2.10. The van der Waals surface area contributed by atoms with Gasteiger partial charge in [-0.05, 0) is 24.3 Å². The van der Waals surface area contributed by atoms with E-state index in [2.05, 4.69) is 15.3 Å². The van der Waals surface area contributed by atoms with Crippen molar-refractivity contribution in [2.75, 3.05) is 5.32 Å². The zero-order chi connectivity index (χ0) is 13.4. The number of fused-ring (bicyclic) bond motifs is 1. The van der Waals surface area contributed by atoms with Crippen LogP contribution in [0, 0.1) is 0 Å². The third-order valence-corrected chi connectivity index (χ3v) is 3.45. The number of nitrogens with zero attached hydrogens (tertiary/aromatic N) is 1. The van der Waals surface area contributed by atoms with E-state index in [1.54, 1.807) is 12.1 Å². The summed E-state index contributed by atoms with van der Waals surface area (Å²) < 4.78 is 0. The van der Waals surface area contributed by atoms with E-state index in [0.717, 1.165) is 11.0 Å². The highest BCUT2D eigenvalue weighted by Crippen LogP contribution is 2.35. The molecule has 96 valence electrons. The van der Waals surface area contributed by atoms with Crippen LogP contribution in [0.15, 0.2) is 36.4 Å². The summed E-state index contributed by atoms with van der Waals surface area (Å²) in [6, 6.07) is 11.0. The molecule has 0 aliphatic heterocycles. The molecule has 1 heterocycles. The highest BCUT2D eigenvalue weighted by molar-refractivity contribution is 6.41. The number of imidazole rings is 1. The molecule has 0 fully saturated rings. The van der Waals surface area contributed by atoms with Gasteiger partial charge in [-0.15, -0.1) is 0 Å². The Hall–Kier alpha value is -1.42. The Balaban J connectivity index is 2.01. The van der Waals surface area contributed by atoms with E-state index in [4.69, 9.17) is 34.8 Å². The van der Waals surface area contributed by atoms with Gasteiger partial charge in [0, 0.05) is 5.02 Å². The number of aromatic amines is 1. The Kier molecular flexibility index (Phi) is 3.27. The maximum Gasteiger partial charge on any atom is 0.205 e. The van der Waals surface area contributed by atoms with Crippen molar-refractivity contribution in [1.29, 1.82) is 0 Å². The predicted molar refractivity (Wildman–Crippen MR) is 80.8 cm³/mol. The van der Waals surface area contributed by atoms with Gasteiger partial charge in [0.1, 0.15) is 0 Å². The van der Waals surface area contributed by atoms with Gasteiger partial charge in [-0.2, -0.15) is 0 Å². The second kappa shape index (κ2) is 4.93. The summed E-state index contributed by atoms with van der Waals surface area (Å²) in [6.45, 7) is 0. The topological polar surface area (TPSA) is 40.7 Å². The molecule has 0 aliphatic carbocycles. The maximum atomic E-state index is 6.11. The zero-order valence-corrected chi connectivity index (χ0v) is 11.8. The SMILES string of the molecule is Clc1cc(Cl)c(Nc2nc3ccccc3[nH]2)c(Cl)c1. The van der Waals surface area contributed by atoms with Gasteiger partial charge in [-0.3, -0.25) is 0 Å². The summed E-state index contributed by atoms with van der Waals surface area (Å²) in [6.07, 6.45) is 0. The summed E-state index contributed by atoms with van der Waals surface area (Å²) in [5.41, 5.74) is 2.38. The first-order valence-electron chi connectivity index (χ1n) is 5.50. The normalized spacial score (nSPS) is 10.9. The van der Waals surface area contributed by atoms with E-state index in [9.17, 15) is 0 Å². The Labute approximate surface area is 124 Å². The van der Waals surface area contributed by atoms with Gasteiger partial charge >= 0.3 is 0 Å². The van der Waals surface area contributed by atoms with Gasteiger partial charge in [-0.25, -0.2) is 4.98 Å². The molecule has 6 heteroatoms. The molecular weight excluding hydrogens is 305 g/mol. The van der Waals surface area contributed by atoms with Gasteiger partial charge in [0.25, 0.3) is 0 Å². The van der Waals surface area contributed by atoms with Crippen LogP contribution in [0.1, 0.15) is 0 Å². The van der Waals surface area contributed by atoms with Crippen LogP contribution in [0.25, 0.3) is 11.0 Å². The first-order chi connectivity index (χ1) is 9.13. The minimum absolute atomic E-state index is 0.443. The molecule has 0 radical (unpaired) electrons. The maximum absolute atomic E-state index is 6.11. The van der Waals surface area contributed by atoms with Crippen molar-refractivity contribution in [2.45, 2.75) is 0 Å². The molecule has 0 spiro atoms. The fraction of sp³-hybridized carbons (Fsp3) is 0. The van der Waals surface area contributed by atoms with Gasteiger partial charge in [-0.1, -0.05) is 46.9 Å². The van der Waals surface area contributed by atoms with E-state index < -0.39 is 0 Å². The van der Waals surface area contributed by atoms with Crippen molar-refractivity contribution >= 4 is 57.5 Å². The number of hydrogen-bond donors (Lipinski definition) is 2. The zero-order valence-electron chi connectivity index (χ0n) is 9.55. The van der Waals surface area contributed by atoms with Crippen LogP contribution in [-0.2, 0) is 0 Å². The fourth-order valence-corrected chi connectivity index (χ4v) is 2.70. The standard InChI is InChI=1S/C13H8Cl3N3/c14-7-5-8(15)12(9(16)6-7)19-13-17-10-3-1-2-4-11(10)18-13/h1-6H,(H2,17,18,19). The van der Waals surface area contributed by atoms with Crippen LogP contribution in [-0.4, -0.2) is 9.97 Å². The summed E-state index contributed by atoms with van der Waals surface area (Å²) in [7, 11) is 0. The quantitative estimate of drug-likeness (QED) is 0.677. The summed E-state index contributed by atoms with van der Waals surface area (Å²) in [5, 5.41) is 4.44. The highest BCUT2D eigenvalue weighted by atomic mass is 35.5. The summed E-state index contributed by atoms with van der Waals surface area (Å²) in [4.78, 5) is 7.54. The first kappa shape index (κ1) is 12.6. The van der Waals surface area contributed by atoms with Crippen LogP contribution < -0.4 is 5.32 Å². The van der Waals surface area contributed by atoms with Gasteiger partial charge in [0.2, 0.25) is 5.95 Å². The molecule has 0 amide bonds. The van der Waals surface area contributed by atoms with E-state index in [1.807, 2.05) is 24.3 Å². The number of nitrogens with one attached hydrogen (secondary N) is 2. The average Bonchev–Trinajstić information content (AvgIpc) is 2.76. The number of para-hydroxylation sites is 2. The van der Waals surface area contributed by atoms with Gasteiger partial charge in [0.05, 0.1) is 26.8 Å². The third kappa shape index (κ3) is 2.50. The van der Waals surface area contributed by atoms with Crippen LogP contribution in [0.5, 0.6) is 0 Å². The molecule has 0 saturated carbocycles. The number of hydrogen-bond acceptors (Lipinski definition) is 2. The molecule has 3 rings (SSSR count). The predicted octanol–water partition coefficient (Wildman–Crippen LogP) is 5.27. The number of H-pyrrole nitrogens is 1. The molecule has 3 nitrogen and oxygen atoms in total. The lowest BCUT2D eigenvalue weighted by atomic mass is 10.3. The minimum atomic E-state index is 0.443. The third-order valence-electron chi connectivity index (χ3n) is 2.64. The number of aromatic nitrogens is 2. The van der Waals surface area contributed by atoms with Crippen molar-refractivity contribution in [3.05, 3.63) is 51.5 Å². The van der Waals surface area contributed by atoms with Crippen molar-refractivity contribution in [3.63, 3.8) is 0 Å². The van der Waals surface area contributed by atoms with E-state index in [0.29, 0.717) is 26.7 Å². The van der Waals surface area contributed by atoms with Crippen LogP contribution in [0.4, 0.5) is 11.6 Å². The fourth-order valence-electron chi connectivity index (χ4n) is 1.79. The van der Waals surface area contributed by atoms with Gasteiger partial charge in [0.15, 0.2) is 0 Å². The lowest BCUT2D eigenvalue weighted by molar-refractivity contribution is 1.31. The second-order valence-electron chi connectivity index (χ2n) is 3.97. The number of rotatable bonds is 2. The molecule has 0 bridgehead atoms. The van der Waals surface area contributed by atoms with Gasteiger partial charge < -0.3 is 10.3 Å². The summed E-state index contributed by atoms with van der Waals surface area (Å²) >= 11 is 18.1. The van der Waals surface area contributed by atoms with Crippen LogP contribution in [0.2, 0.25) is 15.1 Å².